The van der Waals surface area contributed by atoms with Crippen LogP contribution in [0, 0.1) is 0 Å². The summed E-state index contributed by atoms with van der Waals surface area (Å²) >= 11 is 1.84. The molecular weight excluding hydrogens is 216 g/mol. The first-order valence-corrected chi connectivity index (χ1v) is 6.10. The highest BCUT2D eigenvalue weighted by Gasteiger charge is 2.22. The van der Waals surface area contributed by atoms with Gasteiger partial charge in [-0.3, -0.25) is 4.79 Å². The number of rotatable bonds is 3. The van der Waals surface area contributed by atoms with Crippen molar-refractivity contribution < 1.29 is 14.7 Å². The minimum atomic E-state index is -0.891. The van der Waals surface area contributed by atoms with Crippen LogP contribution < -0.4 is 5.32 Å². The van der Waals surface area contributed by atoms with E-state index < -0.39 is 5.97 Å². The van der Waals surface area contributed by atoms with E-state index in [0.717, 1.165) is 18.1 Å². The van der Waals surface area contributed by atoms with Crippen molar-refractivity contribution in [3.05, 3.63) is 0 Å². The zero-order chi connectivity index (χ0) is 11.3. The topological polar surface area (TPSA) is 69.6 Å². The fourth-order valence-electron chi connectivity index (χ4n) is 1.41. The van der Waals surface area contributed by atoms with Gasteiger partial charge in [0, 0.05) is 30.6 Å². The van der Waals surface area contributed by atoms with Gasteiger partial charge in [-0.25, -0.2) is 4.79 Å². The zero-order valence-corrected chi connectivity index (χ0v) is 9.55. The molecule has 2 N–H and O–H groups in total. The third-order valence-corrected chi connectivity index (χ3v) is 3.43. The van der Waals surface area contributed by atoms with Crippen LogP contribution in [0.1, 0.15) is 13.3 Å². The summed E-state index contributed by atoms with van der Waals surface area (Å²) < 4.78 is 0. The molecule has 6 heteroatoms. The van der Waals surface area contributed by atoms with Crippen LogP contribution in [-0.4, -0.2) is 52.6 Å². The van der Waals surface area contributed by atoms with Crippen LogP contribution in [0.15, 0.2) is 0 Å². The zero-order valence-electron chi connectivity index (χ0n) is 8.73. The summed E-state index contributed by atoms with van der Waals surface area (Å²) in [5.41, 5.74) is 0. The number of carbonyl (C=O) groups excluding carboxylic acids is 1. The Balaban J connectivity index is 2.29. The Morgan fingerprint density at radius 3 is 2.93 bits per heavy atom. The second kappa shape index (κ2) is 5.85. The molecule has 0 saturated carbocycles. The monoisotopic (exact) mass is 232 g/mol. The van der Waals surface area contributed by atoms with Gasteiger partial charge in [0.05, 0.1) is 6.42 Å². The van der Waals surface area contributed by atoms with Crippen LogP contribution in [0.5, 0.6) is 0 Å². The van der Waals surface area contributed by atoms with Crippen LogP contribution in [-0.2, 0) is 4.79 Å². The van der Waals surface area contributed by atoms with Gasteiger partial charge in [-0.2, -0.15) is 11.8 Å². The highest BCUT2D eigenvalue weighted by atomic mass is 32.2. The molecule has 0 spiro atoms. The summed E-state index contributed by atoms with van der Waals surface area (Å²) in [5.74, 6) is 1.01. The van der Waals surface area contributed by atoms with Crippen LogP contribution >= 0.6 is 11.8 Å². The van der Waals surface area contributed by atoms with E-state index in [1.165, 1.54) is 0 Å². The first kappa shape index (κ1) is 12.2. The third-order valence-electron chi connectivity index (χ3n) is 2.24. The van der Waals surface area contributed by atoms with Gasteiger partial charge >= 0.3 is 12.0 Å². The van der Waals surface area contributed by atoms with Crippen molar-refractivity contribution in [2.75, 3.05) is 24.6 Å². The number of hydrogen-bond acceptors (Lipinski definition) is 3. The Kier molecular flexibility index (Phi) is 4.74. The summed E-state index contributed by atoms with van der Waals surface area (Å²) in [6.07, 6.45) is -0.0251. The molecule has 0 bridgehead atoms. The molecule has 86 valence electrons. The second-order valence-corrected chi connectivity index (χ2v) is 4.64. The quantitative estimate of drug-likeness (QED) is 0.748. The summed E-state index contributed by atoms with van der Waals surface area (Å²) in [7, 11) is 0. The fourth-order valence-corrected chi connectivity index (χ4v) is 2.42. The number of thioether (sulfide) groups is 1. The molecule has 1 atom stereocenters. The van der Waals surface area contributed by atoms with Crippen molar-refractivity contribution in [1.82, 2.24) is 10.2 Å². The lowest BCUT2D eigenvalue weighted by atomic mass is 10.3. The molecule has 1 saturated heterocycles. The lowest BCUT2D eigenvalue weighted by Gasteiger charge is -2.32. The Labute approximate surface area is 93.2 Å². The number of urea groups is 1. The lowest BCUT2D eigenvalue weighted by Crippen LogP contribution is -2.49. The molecule has 1 unspecified atom stereocenters. The van der Waals surface area contributed by atoms with Crippen molar-refractivity contribution in [1.29, 1.82) is 0 Å². The van der Waals surface area contributed by atoms with Gasteiger partial charge in [-0.15, -0.1) is 0 Å². The van der Waals surface area contributed by atoms with Gasteiger partial charge in [0.1, 0.15) is 0 Å². The molecule has 0 aromatic rings. The summed E-state index contributed by atoms with van der Waals surface area (Å²) in [6, 6.07) is 0.0811. The van der Waals surface area contributed by atoms with E-state index >= 15 is 0 Å². The van der Waals surface area contributed by atoms with Gasteiger partial charge < -0.3 is 15.3 Å². The van der Waals surface area contributed by atoms with E-state index in [9.17, 15) is 9.59 Å². The average molecular weight is 232 g/mol. The minimum absolute atomic E-state index is 0.0251. The SMILES string of the molecule is CC1CSCCN1C(=O)NCCC(=O)O. The summed E-state index contributed by atoms with van der Waals surface area (Å²) in [5, 5.41) is 11.0. The van der Waals surface area contributed by atoms with Crippen molar-refractivity contribution in [2.45, 2.75) is 19.4 Å². The molecule has 2 amide bonds. The van der Waals surface area contributed by atoms with E-state index in [4.69, 9.17) is 5.11 Å². The molecule has 0 radical (unpaired) electrons. The standard InChI is InChI=1S/C9H16N2O3S/c1-7-6-15-5-4-11(7)9(14)10-3-2-8(12)13/h7H,2-6H2,1H3,(H,10,14)(H,12,13). The largest absolute Gasteiger partial charge is 0.481 e. The maximum atomic E-state index is 11.6. The van der Waals surface area contributed by atoms with E-state index in [-0.39, 0.29) is 25.0 Å². The van der Waals surface area contributed by atoms with Gasteiger partial charge in [0.25, 0.3) is 0 Å². The Morgan fingerprint density at radius 2 is 2.33 bits per heavy atom. The Morgan fingerprint density at radius 1 is 1.60 bits per heavy atom. The number of hydrogen-bond donors (Lipinski definition) is 2. The molecule has 1 rings (SSSR count). The Hall–Kier alpha value is -0.910. The normalized spacial score (nSPS) is 21.1. The number of aliphatic carboxylic acids is 1. The minimum Gasteiger partial charge on any atom is -0.481 e. The maximum absolute atomic E-state index is 11.6. The number of nitrogens with one attached hydrogen (secondary N) is 1. The van der Waals surface area contributed by atoms with Crippen molar-refractivity contribution in [3.63, 3.8) is 0 Å². The van der Waals surface area contributed by atoms with Crippen LogP contribution in [0.2, 0.25) is 0 Å². The maximum Gasteiger partial charge on any atom is 0.317 e. The van der Waals surface area contributed by atoms with E-state index in [2.05, 4.69) is 5.32 Å². The molecule has 1 fully saturated rings. The van der Waals surface area contributed by atoms with Crippen molar-refractivity contribution in [3.8, 4) is 0 Å². The van der Waals surface area contributed by atoms with Gasteiger partial charge in [-0.1, -0.05) is 0 Å². The highest BCUT2D eigenvalue weighted by molar-refractivity contribution is 7.99. The second-order valence-electron chi connectivity index (χ2n) is 3.49. The van der Waals surface area contributed by atoms with Gasteiger partial charge in [0.2, 0.25) is 0 Å². The highest BCUT2D eigenvalue weighted by Crippen LogP contribution is 2.15. The summed E-state index contributed by atoms with van der Waals surface area (Å²) in [4.78, 5) is 23.6. The third kappa shape index (κ3) is 3.99. The molecule has 1 aliphatic rings. The van der Waals surface area contributed by atoms with E-state index in [1.807, 2.05) is 18.7 Å². The van der Waals surface area contributed by atoms with E-state index in [1.54, 1.807) is 4.90 Å². The van der Waals surface area contributed by atoms with Crippen LogP contribution in [0.25, 0.3) is 0 Å². The number of carboxylic acids is 1. The average Bonchev–Trinajstić information content (AvgIpc) is 2.17. The first-order valence-electron chi connectivity index (χ1n) is 4.95. The number of amides is 2. The van der Waals surface area contributed by atoms with Crippen LogP contribution in [0.4, 0.5) is 4.79 Å². The molecule has 1 aliphatic heterocycles. The van der Waals surface area contributed by atoms with Crippen molar-refractivity contribution in [2.24, 2.45) is 0 Å². The molecule has 0 aromatic carbocycles. The van der Waals surface area contributed by atoms with Crippen LogP contribution in [0.3, 0.4) is 0 Å². The van der Waals surface area contributed by atoms with E-state index in [0.29, 0.717) is 0 Å². The number of carbonyl (C=O) groups is 2. The molecular formula is C9H16N2O3S. The fraction of sp³-hybridized carbons (Fsp3) is 0.778. The Bertz CT molecular complexity index is 248. The molecule has 5 nitrogen and oxygen atoms in total. The molecule has 1 heterocycles. The van der Waals surface area contributed by atoms with Gasteiger partial charge in [0.15, 0.2) is 0 Å². The first-order chi connectivity index (χ1) is 7.11. The summed E-state index contributed by atoms with van der Waals surface area (Å²) in [6.45, 7) is 2.94. The number of carboxylic acid groups (broad SMARTS) is 1. The predicted molar refractivity (Wildman–Crippen MR) is 59.1 cm³/mol. The predicted octanol–water partition coefficient (Wildman–Crippen LogP) is 0.608. The molecule has 0 aromatic heterocycles. The smallest absolute Gasteiger partial charge is 0.317 e. The van der Waals surface area contributed by atoms with Gasteiger partial charge in [-0.05, 0) is 6.92 Å². The van der Waals surface area contributed by atoms with Crippen molar-refractivity contribution >= 4 is 23.8 Å². The molecule has 15 heavy (non-hydrogen) atoms. The lowest BCUT2D eigenvalue weighted by molar-refractivity contribution is -0.136. The molecule has 0 aliphatic carbocycles. The number of nitrogens with zero attached hydrogens (tertiary/aromatic N) is 1.